The summed E-state index contributed by atoms with van der Waals surface area (Å²) in [6.07, 6.45) is 0. The molecule has 1 unspecified atom stereocenters. The molecule has 3 nitrogen and oxygen atoms in total. The van der Waals surface area contributed by atoms with Gasteiger partial charge in [0.15, 0.2) is 0 Å². The zero-order valence-electron chi connectivity index (χ0n) is 10.2. The van der Waals surface area contributed by atoms with E-state index in [4.69, 9.17) is 22.1 Å². The SMILES string of the molecule is CNC(C)(C)C(N)c1ccc(OC)cc1Cl. The molecule has 0 fully saturated rings. The fourth-order valence-corrected chi connectivity index (χ4v) is 1.72. The Morgan fingerprint density at radius 1 is 1.44 bits per heavy atom. The molecule has 0 aliphatic rings. The lowest BCUT2D eigenvalue weighted by Crippen LogP contribution is -2.46. The molecular weight excluding hydrogens is 224 g/mol. The molecule has 0 bridgehead atoms. The van der Waals surface area contributed by atoms with Crippen LogP contribution < -0.4 is 15.8 Å². The number of likely N-dealkylation sites (N-methyl/N-ethyl adjacent to an activating group) is 1. The Labute approximate surface area is 102 Å². The Bertz CT molecular complexity index is 366. The quantitative estimate of drug-likeness (QED) is 0.852. The number of hydrogen-bond donors (Lipinski definition) is 2. The summed E-state index contributed by atoms with van der Waals surface area (Å²) in [6, 6.07) is 5.39. The lowest BCUT2D eigenvalue weighted by atomic mass is 9.89. The van der Waals surface area contributed by atoms with Gasteiger partial charge in [0.05, 0.1) is 7.11 Å². The van der Waals surface area contributed by atoms with E-state index < -0.39 is 0 Å². The van der Waals surface area contributed by atoms with Gasteiger partial charge < -0.3 is 15.8 Å². The largest absolute Gasteiger partial charge is 0.497 e. The number of hydrogen-bond acceptors (Lipinski definition) is 3. The molecule has 0 radical (unpaired) electrons. The standard InChI is InChI=1S/C12H19ClN2O/c1-12(2,15-3)11(14)9-6-5-8(16-4)7-10(9)13/h5-7,11,15H,14H2,1-4H3. The first-order chi connectivity index (χ1) is 7.42. The van der Waals surface area contributed by atoms with Crippen molar-refractivity contribution in [2.24, 2.45) is 5.73 Å². The highest BCUT2D eigenvalue weighted by Crippen LogP contribution is 2.31. The summed E-state index contributed by atoms with van der Waals surface area (Å²) < 4.78 is 5.10. The van der Waals surface area contributed by atoms with E-state index in [2.05, 4.69) is 5.32 Å². The highest BCUT2D eigenvalue weighted by atomic mass is 35.5. The fourth-order valence-electron chi connectivity index (χ4n) is 1.43. The van der Waals surface area contributed by atoms with E-state index in [0.29, 0.717) is 5.02 Å². The normalized spacial score (nSPS) is 13.6. The molecule has 3 N–H and O–H groups in total. The Kier molecular flexibility index (Phi) is 4.19. The predicted molar refractivity (Wildman–Crippen MR) is 68.1 cm³/mol. The summed E-state index contributed by atoms with van der Waals surface area (Å²) in [5, 5.41) is 3.81. The zero-order valence-corrected chi connectivity index (χ0v) is 10.9. The average Bonchev–Trinajstić information content (AvgIpc) is 2.28. The highest BCUT2D eigenvalue weighted by Gasteiger charge is 2.27. The number of halogens is 1. The number of nitrogens with two attached hydrogens (primary N) is 1. The first-order valence-corrected chi connectivity index (χ1v) is 5.58. The van der Waals surface area contributed by atoms with Gasteiger partial charge in [0.2, 0.25) is 0 Å². The van der Waals surface area contributed by atoms with Crippen LogP contribution >= 0.6 is 11.6 Å². The molecule has 0 saturated carbocycles. The second-order valence-electron chi connectivity index (χ2n) is 4.34. The van der Waals surface area contributed by atoms with E-state index >= 15 is 0 Å². The summed E-state index contributed by atoms with van der Waals surface area (Å²) in [4.78, 5) is 0. The molecule has 0 heterocycles. The molecule has 0 saturated heterocycles. The summed E-state index contributed by atoms with van der Waals surface area (Å²) >= 11 is 6.18. The molecule has 0 aliphatic carbocycles. The summed E-state index contributed by atoms with van der Waals surface area (Å²) in [5.41, 5.74) is 6.90. The van der Waals surface area contributed by atoms with Crippen molar-refractivity contribution in [3.8, 4) is 5.75 Å². The third-order valence-electron chi connectivity index (χ3n) is 2.96. The van der Waals surface area contributed by atoms with Gasteiger partial charge in [-0.2, -0.15) is 0 Å². The molecule has 0 aromatic heterocycles. The van der Waals surface area contributed by atoms with E-state index in [0.717, 1.165) is 11.3 Å². The molecule has 90 valence electrons. The first kappa shape index (κ1) is 13.3. The van der Waals surface area contributed by atoms with Crippen molar-refractivity contribution in [1.82, 2.24) is 5.32 Å². The van der Waals surface area contributed by atoms with Crippen LogP contribution in [0.3, 0.4) is 0 Å². The van der Waals surface area contributed by atoms with Crippen molar-refractivity contribution in [3.63, 3.8) is 0 Å². The van der Waals surface area contributed by atoms with Gasteiger partial charge in [-0.15, -0.1) is 0 Å². The number of benzene rings is 1. The second-order valence-corrected chi connectivity index (χ2v) is 4.74. The molecule has 16 heavy (non-hydrogen) atoms. The molecule has 4 heteroatoms. The van der Waals surface area contributed by atoms with Crippen LogP contribution in [-0.2, 0) is 0 Å². The molecule has 1 aromatic carbocycles. The molecule has 0 spiro atoms. The molecule has 1 atom stereocenters. The van der Waals surface area contributed by atoms with Gasteiger partial charge in [-0.05, 0) is 38.6 Å². The number of nitrogens with one attached hydrogen (secondary N) is 1. The van der Waals surface area contributed by atoms with E-state index in [1.54, 1.807) is 13.2 Å². The van der Waals surface area contributed by atoms with Gasteiger partial charge in [0.25, 0.3) is 0 Å². The predicted octanol–water partition coefficient (Wildman–Crippen LogP) is 2.35. The van der Waals surface area contributed by atoms with E-state index in [9.17, 15) is 0 Å². The van der Waals surface area contributed by atoms with Crippen molar-refractivity contribution in [3.05, 3.63) is 28.8 Å². The second kappa shape index (κ2) is 5.04. The number of rotatable bonds is 4. The minimum atomic E-state index is -0.210. The van der Waals surface area contributed by atoms with Crippen LogP contribution in [0.15, 0.2) is 18.2 Å². The monoisotopic (exact) mass is 242 g/mol. The van der Waals surface area contributed by atoms with Gasteiger partial charge >= 0.3 is 0 Å². The molecule has 1 rings (SSSR count). The van der Waals surface area contributed by atoms with Crippen LogP contribution in [0.4, 0.5) is 0 Å². The Morgan fingerprint density at radius 3 is 2.50 bits per heavy atom. The summed E-state index contributed by atoms with van der Waals surface area (Å²) in [7, 11) is 3.50. The highest BCUT2D eigenvalue weighted by molar-refractivity contribution is 6.31. The molecule has 1 aromatic rings. The van der Waals surface area contributed by atoms with E-state index in [1.807, 2.05) is 33.0 Å². The average molecular weight is 243 g/mol. The minimum Gasteiger partial charge on any atom is -0.497 e. The van der Waals surface area contributed by atoms with Gasteiger partial charge in [-0.1, -0.05) is 17.7 Å². The third-order valence-corrected chi connectivity index (χ3v) is 3.29. The van der Waals surface area contributed by atoms with Crippen LogP contribution in [-0.4, -0.2) is 19.7 Å². The van der Waals surface area contributed by atoms with E-state index in [1.165, 1.54) is 0 Å². The lowest BCUT2D eigenvalue weighted by Gasteiger charge is -2.32. The van der Waals surface area contributed by atoms with Crippen molar-refractivity contribution >= 4 is 11.6 Å². The van der Waals surface area contributed by atoms with Crippen molar-refractivity contribution in [2.45, 2.75) is 25.4 Å². The maximum Gasteiger partial charge on any atom is 0.120 e. The smallest absolute Gasteiger partial charge is 0.120 e. The third kappa shape index (κ3) is 2.67. The van der Waals surface area contributed by atoms with Crippen molar-refractivity contribution in [2.75, 3.05) is 14.2 Å². The molecular formula is C12H19ClN2O. The van der Waals surface area contributed by atoms with Gasteiger partial charge in [-0.25, -0.2) is 0 Å². The molecule has 0 amide bonds. The lowest BCUT2D eigenvalue weighted by molar-refractivity contribution is 0.348. The van der Waals surface area contributed by atoms with Gasteiger partial charge in [0.1, 0.15) is 5.75 Å². The maximum atomic E-state index is 6.19. The van der Waals surface area contributed by atoms with Crippen LogP contribution in [0, 0.1) is 0 Å². The topological polar surface area (TPSA) is 47.3 Å². The number of ether oxygens (including phenoxy) is 1. The Morgan fingerprint density at radius 2 is 2.06 bits per heavy atom. The Hall–Kier alpha value is -0.770. The van der Waals surface area contributed by atoms with Crippen LogP contribution in [0.5, 0.6) is 5.75 Å². The van der Waals surface area contributed by atoms with Gasteiger partial charge in [0, 0.05) is 16.6 Å². The minimum absolute atomic E-state index is 0.170. The molecule has 0 aliphatic heterocycles. The van der Waals surface area contributed by atoms with Crippen LogP contribution in [0.2, 0.25) is 5.02 Å². The fraction of sp³-hybridized carbons (Fsp3) is 0.500. The van der Waals surface area contributed by atoms with Crippen LogP contribution in [0.1, 0.15) is 25.5 Å². The van der Waals surface area contributed by atoms with E-state index in [-0.39, 0.29) is 11.6 Å². The van der Waals surface area contributed by atoms with Crippen molar-refractivity contribution < 1.29 is 4.74 Å². The summed E-state index contributed by atoms with van der Waals surface area (Å²) in [6.45, 7) is 4.08. The van der Waals surface area contributed by atoms with Gasteiger partial charge in [-0.3, -0.25) is 0 Å². The Balaban J connectivity index is 3.05. The first-order valence-electron chi connectivity index (χ1n) is 5.20. The summed E-state index contributed by atoms with van der Waals surface area (Å²) in [5.74, 6) is 0.739. The van der Waals surface area contributed by atoms with Crippen molar-refractivity contribution in [1.29, 1.82) is 0 Å². The zero-order chi connectivity index (χ0) is 12.3. The van der Waals surface area contributed by atoms with Crippen LogP contribution in [0.25, 0.3) is 0 Å². The number of methoxy groups -OCH3 is 1. The maximum absolute atomic E-state index is 6.19.